The van der Waals surface area contributed by atoms with Gasteiger partial charge in [0.25, 0.3) is 5.69 Å². The highest BCUT2D eigenvalue weighted by Gasteiger charge is 2.23. The standard InChI is InChI=1S/C11H14IN3O2/c1-13-8-4-5-14(7-8)11-3-2-9(15(16)17)6-10(11)12/h2-3,6,8,13H,4-5,7H2,1H3. The molecule has 1 aromatic rings. The largest absolute Gasteiger partial charge is 0.369 e. The number of nitrogens with zero attached hydrogens (tertiary/aromatic N) is 2. The first-order valence-corrected chi connectivity index (χ1v) is 6.56. The molecule has 1 saturated heterocycles. The fourth-order valence-electron chi connectivity index (χ4n) is 2.08. The van der Waals surface area contributed by atoms with E-state index >= 15 is 0 Å². The van der Waals surface area contributed by atoms with Gasteiger partial charge in [-0.2, -0.15) is 0 Å². The van der Waals surface area contributed by atoms with E-state index in [0.717, 1.165) is 28.8 Å². The Morgan fingerprint density at radius 1 is 1.59 bits per heavy atom. The molecule has 1 aromatic carbocycles. The summed E-state index contributed by atoms with van der Waals surface area (Å²) >= 11 is 2.16. The highest BCUT2D eigenvalue weighted by Crippen LogP contribution is 2.29. The van der Waals surface area contributed by atoms with E-state index in [1.807, 2.05) is 13.1 Å². The van der Waals surface area contributed by atoms with Gasteiger partial charge in [0.15, 0.2) is 0 Å². The minimum Gasteiger partial charge on any atom is -0.369 e. The summed E-state index contributed by atoms with van der Waals surface area (Å²) in [5.41, 5.74) is 1.25. The number of likely N-dealkylation sites (N-methyl/N-ethyl adjacent to an activating group) is 1. The molecule has 0 saturated carbocycles. The second kappa shape index (κ2) is 5.18. The number of anilines is 1. The van der Waals surface area contributed by atoms with Crippen molar-refractivity contribution in [3.8, 4) is 0 Å². The van der Waals surface area contributed by atoms with Gasteiger partial charge in [0.2, 0.25) is 0 Å². The van der Waals surface area contributed by atoms with Crippen LogP contribution in [0.3, 0.4) is 0 Å². The molecule has 92 valence electrons. The molecule has 1 heterocycles. The molecule has 17 heavy (non-hydrogen) atoms. The monoisotopic (exact) mass is 347 g/mol. The summed E-state index contributed by atoms with van der Waals surface area (Å²) in [6, 6.07) is 5.56. The van der Waals surface area contributed by atoms with Gasteiger partial charge in [0, 0.05) is 34.8 Å². The van der Waals surface area contributed by atoms with Gasteiger partial charge < -0.3 is 10.2 Å². The van der Waals surface area contributed by atoms with Crippen LogP contribution in [0.15, 0.2) is 18.2 Å². The highest BCUT2D eigenvalue weighted by atomic mass is 127. The molecular formula is C11H14IN3O2. The lowest BCUT2D eigenvalue weighted by molar-refractivity contribution is -0.384. The normalized spacial score (nSPS) is 19.6. The molecule has 0 spiro atoms. The third-order valence-electron chi connectivity index (χ3n) is 3.08. The lowest BCUT2D eigenvalue weighted by Gasteiger charge is -2.19. The van der Waals surface area contributed by atoms with Crippen molar-refractivity contribution in [1.29, 1.82) is 0 Å². The number of halogens is 1. The third-order valence-corrected chi connectivity index (χ3v) is 3.94. The van der Waals surface area contributed by atoms with Gasteiger partial charge in [-0.3, -0.25) is 10.1 Å². The maximum absolute atomic E-state index is 10.7. The lowest BCUT2D eigenvalue weighted by atomic mass is 10.2. The van der Waals surface area contributed by atoms with Crippen LogP contribution in [0.4, 0.5) is 11.4 Å². The number of hydrogen-bond donors (Lipinski definition) is 1. The predicted molar refractivity (Wildman–Crippen MR) is 75.5 cm³/mol. The summed E-state index contributed by atoms with van der Waals surface area (Å²) in [5, 5.41) is 13.9. The summed E-state index contributed by atoms with van der Waals surface area (Å²) in [7, 11) is 1.97. The fourth-order valence-corrected chi connectivity index (χ4v) is 2.92. The van der Waals surface area contributed by atoms with Crippen LogP contribution >= 0.6 is 22.6 Å². The van der Waals surface area contributed by atoms with Crippen LogP contribution in [0.1, 0.15) is 6.42 Å². The van der Waals surface area contributed by atoms with E-state index in [0.29, 0.717) is 6.04 Å². The number of non-ortho nitro benzene ring substituents is 1. The molecule has 1 aliphatic heterocycles. The van der Waals surface area contributed by atoms with E-state index in [4.69, 9.17) is 0 Å². The van der Waals surface area contributed by atoms with Crippen LogP contribution < -0.4 is 10.2 Å². The first-order chi connectivity index (χ1) is 8.11. The van der Waals surface area contributed by atoms with Crippen LogP contribution in [0.2, 0.25) is 0 Å². The molecule has 5 nitrogen and oxygen atoms in total. The minimum atomic E-state index is -0.355. The topological polar surface area (TPSA) is 58.4 Å². The maximum Gasteiger partial charge on any atom is 0.270 e. The number of nitro benzene ring substituents is 1. The Bertz CT molecular complexity index is 439. The third kappa shape index (κ3) is 2.68. The number of nitro groups is 1. The smallest absolute Gasteiger partial charge is 0.270 e. The van der Waals surface area contributed by atoms with E-state index < -0.39 is 0 Å². The first kappa shape index (κ1) is 12.6. The summed E-state index contributed by atoms with van der Waals surface area (Å²) < 4.78 is 0.938. The lowest BCUT2D eigenvalue weighted by Crippen LogP contribution is -2.29. The second-order valence-electron chi connectivity index (χ2n) is 4.11. The van der Waals surface area contributed by atoms with Gasteiger partial charge in [-0.1, -0.05) is 0 Å². The molecule has 2 rings (SSSR count). The Balaban J connectivity index is 2.20. The van der Waals surface area contributed by atoms with E-state index in [1.54, 1.807) is 12.1 Å². The van der Waals surface area contributed by atoms with Crippen molar-refractivity contribution >= 4 is 34.0 Å². The van der Waals surface area contributed by atoms with Gasteiger partial charge in [-0.25, -0.2) is 0 Å². The molecule has 0 bridgehead atoms. The summed E-state index contributed by atoms with van der Waals surface area (Å²) in [4.78, 5) is 12.6. The quantitative estimate of drug-likeness (QED) is 0.516. The Morgan fingerprint density at radius 2 is 2.35 bits per heavy atom. The van der Waals surface area contributed by atoms with Gasteiger partial charge in [0.1, 0.15) is 0 Å². The number of nitrogens with one attached hydrogen (secondary N) is 1. The van der Waals surface area contributed by atoms with Crippen LogP contribution in [0, 0.1) is 13.7 Å². The van der Waals surface area contributed by atoms with Crippen molar-refractivity contribution in [2.75, 3.05) is 25.0 Å². The molecule has 0 aromatic heterocycles. The molecule has 0 aliphatic carbocycles. The van der Waals surface area contributed by atoms with Gasteiger partial charge in [0.05, 0.1) is 10.6 Å². The molecule has 0 radical (unpaired) electrons. The van der Waals surface area contributed by atoms with E-state index in [9.17, 15) is 10.1 Å². The van der Waals surface area contributed by atoms with E-state index in [-0.39, 0.29) is 10.6 Å². The highest BCUT2D eigenvalue weighted by molar-refractivity contribution is 14.1. The Labute approximate surface area is 113 Å². The van der Waals surface area contributed by atoms with Crippen LogP contribution in [-0.2, 0) is 0 Å². The zero-order valence-electron chi connectivity index (χ0n) is 9.52. The van der Waals surface area contributed by atoms with Crippen molar-refractivity contribution < 1.29 is 4.92 Å². The summed E-state index contributed by atoms with van der Waals surface area (Å²) in [5.74, 6) is 0. The SMILES string of the molecule is CNC1CCN(c2ccc([N+](=O)[O-])cc2I)C1. The molecule has 1 fully saturated rings. The van der Waals surface area contributed by atoms with Crippen molar-refractivity contribution in [2.45, 2.75) is 12.5 Å². The molecule has 1 N–H and O–H groups in total. The zero-order valence-corrected chi connectivity index (χ0v) is 11.7. The molecular weight excluding hydrogens is 333 g/mol. The number of benzene rings is 1. The average molecular weight is 347 g/mol. The van der Waals surface area contributed by atoms with Crippen molar-refractivity contribution in [1.82, 2.24) is 5.32 Å². The van der Waals surface area contributed by atoms with Gasteiger partial charge >= 0.3 is 0 Å². The van der Waals surface area contributed by atoms with Crippen LogP contribution in [0.5, 0.6) is 0 Å². The maximum atomic E-state index is 10.7. The summed E-state index contributed by atoms with van der Waals surface area (Å²) in [6.45, 7) is 1.96. The zero-order chi connectivity index (χ0) is 12.4. The van der Waals surface area contributed by atoms with Gasteiger partial charge in [-0.05, 0) is 42.1 Å². The Kier molecular flexibility index (Phi) is 3.82. The van der Waals surface area contributed by atoms with Crippen molar-refractivity contribution in [2.24, 2.45) is 0 Å². The molecule has 0 amide bonds. The predicted octanol–water partition coefficient (Wildman–Crippen LogP) is 2.00. The Morgan fingerprint density at radius 3 is 2.88 bits per heavy atom. The summed E-state index contributed by atoms with van der Waals surface area (Å²) in [6.07, 6.45) is 1.11. The minimum absolute atomic E-state index is 0.155. The number of hydrogen-bond acceptors (Lipinski definition) is 4. The van der Waals surface area contributed by atoms with Crippen LogP contribution in [0.25, 0.3) is 0 Å². The van der Waals surface area contributed by atoms with E-state index in [2.05, 4.69) is 32.8 Å². The average Bonchev–Trinajstić information content (AvgIpc) is 2.77. The van der Waals surface area contributed by atoms with E-state index in [1.165, 1.54) is 0 Å². The van der Waals surface area contributed by atoms with Crippen molar-refractivity contribution in [3.63, 3.8) is 0 Å². The second-order valence-corrected chi connectivity index (χ2v) is 5.28. The van der Waals surface area contributed by atoms with Crippen LogP contribution in [-0.4, -0.2) is 31.1 Å². The molecule has 1 unspecified atom stereocenters. The van der Waals surface area contributed by atoms with Gasteiger partial charge in [-0.15, -0.1) is 0 Å². The molecule has 1 atom stereocenters. The Hall–Kier alpha value is -0.890. The fraction of sp³-hybridized carbons (Fsp3) is 0.455. The molecule has 1 aliphatic rings. The molecule has 6 heteroatoms. The first-order valence-electron chi connectivity index (χ1n) is 5.48. The number of rotatable bonds is 3. The van der Waals surface area contributed by atoms with Crippen molar-refractivity contribution in [3.05, 3.63) is 31.9 Å².